The van der Waals surface area contributed by atoms with Gasteiger partial charge >= 0.3 is 6.18 Å². The van der Waals surface area contributed by atoms with E-state index in [4.69, 9.17) is 0 Å². The van der Waals surface area contributed by atoms with Crippen molar-refractivity contribution in [2.24, 2.45) is 11.8 Å². The van der Waals surface area contributed by atoms with E-state index in [-0.39, 0.29) is 5.91 Å². The van der Waals surface area contributed by atoms with Crippen LogP contribution in [0.25, 0.3) is 0 Å². The second kappa shape index (κ2) is 10.3. The summed E-state index contributed by atoms with van der Waals surface area (Å²) in [6.45, 7) is 4.20. The van der Waals surface area contributed by atoms with Gasteiger partial charge in [-0.3, -0.25) is 4.79 Å². The first-order valence-electron chi connectivity index (χ1n) is 11.1. The summed E-state index contributed by atoms with van der Waals surface area (Å²) in [4.78, 5) is 14.7. The summed E-state index contributed by atoms with van der Waals surface area (Å²) in [6, 6.07) is 0. The number of likely N-dealkylation sites (tertiary alicyclic amines) is 1. The highest BCUT2D eigenvalue weighted by atomic mass is 19.4. The molecule has 1 amide bonds. The largest absolute Gasteiger partial charge is 0.420 e. The van der Waals surface area contributed by atoms with Crippen LogP contribution in [0.2, 0.25) is 0 Å². The first-order valence-corrected chi connectivity index (χ1v) is 11.1. The van der Waals surface area contributed by atoms with Crippen LogP contribution < -0.4 is 0 Å². The van der Waals surface area contributed by atoms with Crippen molar-refractivity contribution in [2.75, 3.05) is 6.54 Å². The molecule has 0 aromatic heterocycles. The van der Waals surface area contributed by atoms with Crippen LogP contribution in [0.3, 0.4) is 0 Å². The lowest BCUT2D eigenvalue weighted by atomic mass is 9.82. The van der Waals surface area contributed by atoms with E-state index < -0.39 is 23.9 Å². The number of rotatable bonds is 5. The minimum atomic E-state index is -5.10. The lowest BCUT2D eigenvalue weighted by molar-refractivity contribution is -0.291. The number of alkyl halides is 4. The van der Waals surface area contributed by atoms with Gasteiger partial charge in [-0.05, 0) is 57.4 Å². The summed E-state index contributed by atoms with van der Waals surface area (Å²) in [6.07, 6.45) is 3.44. The van der Waals surface area contributed by atoms with Crippen LogP contribution >= 0.6 is 0 Å². The molecule has 2 fully saturated rings. The molecule has 3 nitrogen and oxygen atoms in total. The van der Waals surface area contributed by atoms with Crippen molar-refractivity contribution < 1.29 is 27.5 Å². The van der Waals surface area contributed by atoms with E-state index in [9.17, 15) is 27.5 Å². The molecule has 172 valence electrons. The first kappa shape index (κ1) is 24.9. The number of allylic oxidation sites excluding steroid dienone is 2. The van der Waals surface area contributed by atoms with Gasteiger partial charge in [-0.2, -0.15) is 13.2 Å². The van der Waals surface area contributed by atoms with Crippen molar-refractivity contribution in [3.05, 3.63) is 23.4 Å². The molecule has 1 aliphatic carbocycles. The molecule has 0 aromatic carbocycles. The fourth-order valence-corrected chi connectivity index (χ4v) is 4.80. The maximum atomic E-state index is 13.9. The smallest absolute Gasteiger partial charge is 0.378 e. The fraction of sp³-hybridized carbons (Fsp3) is 0.783. The Labute approximate surface area is 177 Å². The zero-order chi connectivity index (χ0) is 22.5. The summed E-state index contributed by atoms with van der Waals surface area (Å²) < 4.78 is 54.4. The molecular formula is C23H35F4NO2. The van der Waals surface area contributed by atoms with E-state index >= 15 is 0 Å². The van der Waals surface area contributed by atoms with E-state index in [0.29, 0.717) is 36.6 Å². The number of nitrogens with zero attached hydrogens (tertiary/aromatic N) is 1. The van der Waals surface area contributed by atoms with Crippen LogP contribution in [-0.4, -0.2) is 40.4 Å². The molecule has 0 aromatic rings. The lowest BCUT2D eigenvalue weighted by Crippen LogP contribution is -2.56. The van der Waals surface area contributed by atoms with Crippen LogP contribution in [0.4, 0.5) is 17.6 Å². The normalized spacial score (nSPS) is 26.3. The zero-order valence-electron chi connectivity index (χ0n) is 18.3. The van der Waals surface area contributed by atoms with Gasteiger partial charge in [-0.1, -0.05) is 38.3 Å². The maximum absolute atomic E-state index is 13.9. The predicted octanol–water partition coefficient (Wildman–Crippen LogP) is 6.09. The Kier molecular flexibility index (Phi) is 8.54. The quantitative estimate of drug-likeness (QED) is 0.533. The van der Waals surface area contributed by atoms with Gasteiger partial charge in [0.15, 0.2) is 5.60 Å². The predicted molar refractivity (Wildman–Crippen MR) is 109 cm³/mol. The lowest BCUT2D eigenvalue weighted by Gasteiger charge is -2.36. The Balaban J connectivity index is 2.28. The number of carbonyl (C=O) groups is 1. The maximum Gasteiger partial charge on any atom is 0.420 e. The first-order chi connectivity index (χ1) is 14.0. The van der Waals surface area contributed by atoms with Gasteiger partial charge in [-0.25, -0.2) is 4.39 Å². The summed E-state index contributed by atoms with van der Waals surface area (Å²) in [5, 5.41) is 10.2. The molecule has 1 heterocycles. The molecule has 0 spiro atoms. The second-order valence-electron chi connectivity index (χ2n) is 8.80. The average Bonchev–Trinajstić information content (AvgIpc) is 2.88. The van der Waals surface area contributed by atoms with Gasteiger partial charge in [0.1, 0.15) is 6.17 Å². The van der Waals surface area contributed by atoms with E-state index in [0.717, 1.165) is 45.4 Å². The molecule has 1 aliphatic heterocycles. The Morgan fingerprint density at radius 2 is 1.80 bits per heavy atom. The topological polar surface area (TPSA) is 40.5 Å². The third kappa shape index (κ3) is 5.45. The molecule has 30 heavy (non-hydrogen) atoms. The number of hydrogen-bond acceptors (Lipinski definition) is 2. The van der Waals surface area contributed by atoms with Crippen LogP contribution in [0, 0.1) is 11.8 Å². The van der Waals surface area contributed by atoms with Crippen LogP contribution in [0.15, 0.2) is 23.4 Å². The summed E-state index contributed by atoms with van der Waals surface area (Å²) in [5.74, 6) is -1.13. The minimum Gasteiger partial charge on any atom is -0.378 e. The molecule has 0 radical (unpaired) electrons. The number of aliphatic hydroxyl groups is 1. The van der Waals surface area contributed by atoms with Gasteiger partial charge < -0.3 is 10.0 Å². The molecule has 2 aliphatic rings. The Bertz CT molecular complexity index is 650. The van der Waals surface area contributed by atoms with Crippen molar-refractivity contribution in [1.82, 2.24) is 4.90 Å². The van der Waals surface area contributed by atoms with Crippen molar-refractivity contribution in [3.63, 3.8) is 0 Å². The Morgan fingerprint density at radius 1 is 1.17 bits per heavy atom. The van der Waals surface area contributed by atoms with Crippen LogP contribution in [0.1, 0.15) is 78.6 Å². The van der Waals surface area contributed by atoms with E-state index in [1.807, 2.05) is 0 Å². The highest BCUT2D eigenvalue weighted by molar-refractivity contribution is 5.79. The number of carbonyl (C=O) groups excluding carboxylic acids is 1. The Hall–Kier alpha value is -1.37. The van der Waals surface area contributed by atoms with Crippen molar-refractivity contribution in [2.45, 2.75) is 96.5 Å². The van der Waals surface area contributed by atoms with Crippen LogP contribution in [-0.2, 0) is 4.79 Å². The SMILES string of the molecule is C/C=C1\C(=C/C(C)C(O)(C(C)F)C(F)(F)F)CCCCN1C(=O)CC1CCCCC1. The molecule has 1 saturated carbocycles. The average molecular weight is 434 g/mol. The second-order valence-corrected chi connectivity index (χ2v) is 8.80. The van der Waals surface area contributed by atoms with Crippen molar-refractivity contribution in [1.29, 1.82) is 0 Å². The standard InChI is InChI=1S/C23H35F4NO2/c1-4-20-19(14-16(2)22(30,17(3)24)23(25,26)27)12-8-9-13-28(20)21(29)15-18-10-6-5-7-11-18/h4,14,16-18,30H,5-13,15H2,1-3H3/b19-14-,20-4+. The van der Waals surface area contributed by atoms with Crippen molar-refractivity contribution >= 4 is 5.91 Å². The molecule has 0 bridgehead atoms. The van der Waals surface area contributed by atoms with E-state index in [1.165, 1.54) is 19.4 Å². The van der Waals surface area contributed by atoms with Gasteiger partial charge in [0.2, 0.25) is 5.91 Å². The third-order valence-electron chi connectivity index (χ3n) is 6.67. The molecule has 3 unspecified atom stereocenters. The highest BCUT2D eigenvalue weighted by Crippen LogP contribution is 2.42. The molecule has 2 rings (SSSR count). The summed E-state index contributed by atoms with van der Waals surface area (Å²) >= 11 is 0. The zero-order valence-corrected chi connectivity index (χ0v) is 18.3. The number of halogens is 4. The van der Waals surface area contributed by atoms with Gasteiger partial charge in [0.25, 0.3) is 0 Å². The molecule has 1 N–H and O–H groups in total. The van der Waals surface area contributed by atoms with Crippen molar-refractivity contribution in [3.8, 4) is 0 Å². The van der Waals surface area contributed by atoms with E-state index in [2.05, 4.69) is 0 Å². The molecule has 3 atom stereocenters. The molecule has 7 heteroatoms. The van der Waals surface area contributed by atoms with Gasteiger partial charge in [-0.15, -0.1) is 0 Å². The minimum absolute atomic E-state index is 0.000366. The third-order valence-corrected chi connectivity index (χ3v) is 6.67. The van der Waals surface area contributed by atoms with Gasteiger partial charge in [0.05, 0.1) is 0 Å². The number of hydrogen-bond donors (Lipinski definition) is 1. The number of amides is 1. The Morgan fingerprint density at radius 3 is 2.33 bits per heavy atom. The van der Waals surface area contributed by atoms with E-state index in [1.54, 1.807) is 17.9 Å². The molecular weight excluding hydrogens is 398 g/mol. The summed E-state index contributed by atoms with van der Waals surface area (Å²) in [5.41, 5.74) is -2.30. The summed E-state index contributed by atoms with van der Waals surface area (Å²) in [7, 11) is 0. The van der Waals surface area contributed by atoms with Gasteiger partial charge in [0, 0.05) is 24.6 Å². The fourth-order valence-electron chi connectivity index (χ4n) is 4.80. The monoisotopic (exact) mass is 433 g/mol. The molecule has 1 saturated heterocycles. The van der Waals surface area contributed by atoms with Crippen LogP contribution in [0.5, 0.6) is 0 Å². The highest BCUT2D eigenvalue weighted by Gasteiger charge is 2.60.